The van der Waals surface area contributed by atoms with Crippen LogP contribution in [0.4, 0.5) is 4.79 Å². The number of carbonyl (C=O) groups is 1. The molecular formula is C23H46N2O. The predicted molar refractivity (Wildman–Crippen MR) is 114 cm³/mol. The van der Waals surface area contributed by atoms with E-state index in [1.165, 1.54) is 77.0 Å². The van der Waals surface area contributed by atoms with Crippen LogP contribution >= 0.6 is 0 Å². The van der Waals surface area contributed by atoms with Crippen LogP contribution in [0, 0.1) is 0 Å². The predicted octanol–water partition coefficient (Wildman–Crippen LogP) is 7.00. The lowest BCUT2D eigenvalue weighted by Gasteiger charge is -2.28. The molecule has 2 atom stereocenters. The van der Waals surface area contributed by atoms with Gasteiger partial charge in [0.25, 0.3) is 0 Å². The fourth-order valence-electron chi connectivity index (χ4n) is 4.35. The van der Waals surface area contributed by atoms with Crippen LogP contribution in [0.1, 0.15) is 118 Å². The van der Waals surface area contributed by atoms with Crippen LogP contribution in [0.3, 0.4) is 0 Å². The largest absolute Gasteiger partial charge is 0.320 e. The first-order valence-corrected chi connectivity index (χ1v) is 11.8. The van der Waals surface area contributed by atoms with Crippen LogP contribution in [0.5, 0.6) is 0 Å². The number of nitrogens with zero attached hydrogens (tertiary/aromatic N) is 2. The van der Waals surface area contributed by atoms with Gasteiger partial charge in [-0.05, 0) is 25.7 Å². The highest BCUT2D eigenvalue weighted by atomic mass is 16.2. The van der Waals surface area contributed by atoms with Gasteiger partial charge in [0, 0.05) is 13.1 Å². The minimum atomic E-state index is 0.347. The summed E-state index contributed by atoms with van der Waals surface area (Å²) in [4.78, 5) is 17.8. The Bertz CT molecular complexity index is 326. The third-order valence-corrected chi connectivity index (χ3v) is 5.95. The van der Waals surface area contributed by atoms with Crippen LogP contribution < -0.4 is 0 Å². The summed E-state index contributed by atoms with van der Waals surface area (Å²) in [6.45, 7) is 11.0. The maximum atomic E-state index is 13.2. The standard InChI is InChI=1S/C23H46N2O/c1-5-9-13-17-21-22(18-14-10-6-2)25(20-16-12-8-4)23(26)24(21)19-15-11-7-3/h21-22H,5-20H2,1-4H3. The lowest BCUT2D eigenvalue weighted by atomic mass is 9.95. The van der Waals surface area contributed by atoms with Gasteiger partial charge in [0.05, 0.1) is 12.1 Å². The van der Waals surface area contributed by atoms with E-state index in [1.54, 1.807) is 0 Å². The maximum Gasteiger partial charge on any atom is 0.320 e. The molecule has 0 bridgehead atoms. The van der Waals surface area contributed by atoms with Crippen molar-refractivity contribution in [3.8, 4) is 0 Å². The number of carbonyl (C=O) groups excluding carboxylic acids is 1. The van der Waals surface area contributed by atoms with Crippen LogP contribution in [0.25, 0.3) is 0 Å². The summed E-state index contributed by atoms with van der Waals surface area (Å²) in [6.07, 6.45) is 17.3. The van der Waals surface area contributed by atoms with Crippen molar-refractivity contribution in [3.05, 3.63) is 0 Å². The van der Waals surface area contributed by atoms with Crippen molar-refractivity contribution >= 4 is 6.03 Å². The number of amides is 2. The Morgan fingerprint density at radius 1 is 0.577 bits per heavy atom. The number of urea groups is 1. The zero-order valence-corrected chi connectivity index (χ0v) is 18.3. The first-order valence-electron chi connectivity index (χ1n) is 11.8. The second-order valence-electron chi connectivity index (χ2n) is 8.21. The molecule has 0 radical (unpaired) electrons. The molecule has 1 fully saturated rings. The van der Waals surface area contributed by atoms with Crippen molar-refractivity contribution < 1.29 is 4.79 Å². The molecule has 1 aliphatic heterocycles. The first kappa shape index (κ1) is 23.3. The Balaban J connectivity index is 2.83. The molecule has 154 valence electrons. The smallest absolute Gasteiger partial charge is 0.320 e. The lowest BCUT2D eigenvalue weighted by molar-refractivity contribution is 0.181. The molecule has 0 aromatic rings. The van der Waals surface area contributed by atoms with Gasteiger partial charge in [0.2, 0.25) is 0 Å². The summed E-state index contributed by atoms with van der Waals surface area (Å²) in [5.74, 6) is 0. The lowest BCUT2D eigenvalue weighted by Crippen LogP contribution is -2.38. The topological polar surface area (TPSA) is 23.6 Å². The van der Waals surface area contributed by atoms with Crippen molar-refractivity contribution in [1.82, 2.24) is 9.80 Å². The highest BCUT2D eigenvalue weighted by Gasteiger charge is 2.43. The van der Waals surface area contributed by atoms with E-state index in [0.717, 1.165) is 25.9 Å². The van der Waals surface area contributed by atoms with Crippen molar-refractivity contribution in [2.75, 3.05) is 13.1 Å². The molecule has 0 N–H and O–H groups in total. The molecular weight excluding hydrogens is 320 g/mol. The number of rotatable bonds is 16. The average Bonchev–Trinajstić information content (AvgIpc) is 2.88. The number of hydrogen-bond acceptors (Lipinski definition) is 1. The minimum Gasteiger partial charge on any atom is -0.320 e. The van der Waals surface area contributed by atoms with Crippen molar-refractivity contribution in [1.29, 1.82) is 0 Å². The molecule has 3 nitrogen and oxygen atoms in total. The SMILES string of the molecule is CCCCCC1C(CCCCC)N(CCCCC)C(=O)N1CCCCC. The molecule has 1 aliphatic rings. The second-order valence-corrected chi connectivity index (χ2v) is 8.21. The normalized spacial score (nSPS) is 20.4. The maximum absolute atomic E-state index is 13.2. The van der Waals surface area contributed by atoms with E-state index in [4.69, 9.17) is 0 Å². The summed E-state index contributed by atoms with van der Waals surface area (Å²) < 4.78 is 0. The van der Waals surface area contributed by atoms with E-state index < -0.39 is 0 Å². The molecule has 0 aliphatic carbocycles. The van der Waals surface area contributed by atoms with E-state index in [9.17, 15) is 4.79 Å². The summed E-state index contributed by atoms with van der Waals surface area (Å²) in [5, 5.41) is 0. The van der Waals surface area contributed by atoms with Gasteiger partial charge in [-0.3, -0.25) is 0 Å². The molecule has 0 spiro atoms. The van der Waals surface area contributed by atoms with Crippen LogP contribution in [0.2, 0.25) is 0 Å². The second kappa shape index (κ2) is 14.3. The van der Waals surface area contributed by atoms with Gasteiger partial charge in [0.1, 0.15) is 0 Å². The Morgan fingerprint density at radius 3 is 1.27 bits per heavy atom. The third kappa shape index (κ3) is 7.48. The highest BCUT2D eigenvalue weighted by Crippen LogP contribution is 2.31. The molecule has 26 heavy (non-hydrogen) atoms. The Labute approximate surface area is 163 Å². The van der Waals surface area contributed by atoms with Gasteiger partial charge in [-0.15, -0.1) is 0 Å². The average molecular weight is 367 g/mol. The summed E-state index contributed by atoms with van der Waals surface area (Å²) in [5.41, 5.74) is 0. The van der Waals surface area contributed by atoms with Gasteiger partial charge in [-0.1, -0.05) is 91.9 Å². The molecule has 1 saturated heterocycles. The van der Waals surface area contributed by atoms with Crippen molar-refractivity contribution in [2.24, 2.45) is 0 Å². The molecule has 2 unspecified atom stereocenters. The first-order chi connectivity index (χ1) is 12.7. The van der Waals surface area contributed by atoms with Gasteiger partial charge in [0.15, 0.2) is 0 Å². The van der Waals surface area contributed by atoms with Crippen LogP contribution in [-0.2, 0) is 0 Å². The highest BCUT2D eigenvalue weighted by molar-refractivity contribution is 5.78. The van der Waals surface area contributed by atoms with E-state index in [0.29, 0.717) is 18.1 Å². The van der Waals surface area contributed by atoms with Crippen LogP contribution in [-0.4, -0.2) is 41.0 Å². The fraction of sp³-hybridized carbons (Fsp3) is 0.957. The zero-order valence-electron chi connectivity index (χ0n) is 18.3. The van der Waals surface area contributed by atoms with Crippen molar-refractivity contribution in [2.45, 2.75) is 130 Å². The third-order valence-electron chi connectivity index (χ3n) is 5.95. The fourth-order valence-corrected chi connectivity index (χ4v) is 4.35. The van der Waals surface area contributed by atoms with Gasteiger partial charge < -0.3 is 9.80 Å². The van der Waals surface area contributed by atoms with Gasteiger partial charge in [-0.2, -0.15) is 0 Å². The summed E-state index contributed by atoms with van der Waals surface area (Å²) >= 11 is 0. The summed E-state index contributed by atoms with van der Waals surface area (Å²) in [6, 6.07) is 1.27. The van der Waals surface area contributed by atoms with Crippen LogP contribution in [0.15, 0.2) is 0 Å². The Morgan fingerprint density at radius 2 is 0.923 bits per heavy atom. The van der Waals surface area contributed by atoms with E-state index >= 15 is 0 Å². The Hall–Kier alpha value is -0.730. The molecule has 0 aromatic heterocycles. The summed E-state index contributed by atoms with van der Waals surface area (Å²) in [7, 11) is 0. The molecule has 1 rings (SSSR count). The molecule has 0 aromatic carbocycles. The molecule has 1 heterocycles. The zero-order chi connectivity index (χ0) is 19.2. The quantitative estimate of drug-likeness (QED) is 0.270. The van der Waals surface area contributed by atoms with Crippen molar-refractivity contribution in [3.63, 3.8) is 0 Å². The van der Waals surface area contributed by atoms with Gasteiger partial charge in [-0.25, -0.2) is 4.79 Å². The molecule has 3 heteroatoms. The van der Waals surface area contributed by atoms with E-state index in [-0.39, 0.29) is 0 Å². The Kier molecular flexibility index (Phi) is 12.9. The minimum absolute atomic E-state index is 0.347. The van der Waals surface area contributed by atoms with E-state index in [1.807, 2.05) is 0 Å². The monoisotopic (exact) mass is 366 g/mol. The van der Waals surface area contributed by atoms with E-state index in [2.05, 4.69) is 37.5 Å². The number of hydrogen-bond donors (Lipinski definition) is 0. The van der Waals surface area contributed by atoms with Gasteiger partial charge >= 0.3 is 6.03 Å². The molecule has 0 saturated carbocycles. The number of unbranched alkanes of at least 4 members (excludes halogenated alkanes) is 8. The molecule has 2 amide bonds.